The number of aryl methyl sites for hydroxylation is 1. The second kappa shape index (κ2) is 7.55. The molecule has 1 aliphatic carbocycles. The highest BCUT2D eigenvalue weighted by Gasteiger charge is 2.22. The van der Waals surface area contributed by atoms with E-state index in [1.54, 1.807) is 11.3 Å². The van der Waals surface area contributed by atoms with Crippen LogP contribution >= 0.6 is 11.3 Å². The van der Waals surface area contributed by atoms with Crippen LogP contribution in [0.4, 0.5) is 0 Å². The van der Waals surface area contributed by atoms with E-state index >= 15 is 0 Å². The molecule has 0 bridgehead atoms. The summed E-state index contributed by atoms with van der Waals surface area (Å²) in [5, 5.41) is 4.14. The van der Waals surface area contributed by atoms with E-state index in [1.165, 1.54) is 16.9 Å². The minimum absolute atomic E-state index is 0.0215. The molecule has 23 heavy (non-hydrogen) atoms. The molecule has 2 aromatic rings. The third-order valence-electron chi connectivity index (χ3n) is 4.35. The lowest BCUT2D eigenvalue weighted by atomic mass is 9.89. The molecule has 0 fully saturated rings. The van der Waals surface area contributed by atoms with Crippen molar-refractivity contribution in [3.05, 3.63) is 26.6 Å². The van der Waals surface area contributed by atoms with Gasteiger partial charge < -0.3 is 15.0 Å². The van der Waals surface area contributed by atoms with Gasteiger partial charge in [-0.05, 0) is 50.6 Å². The second-order valence-corrected chi connectivity index (χ2v) is 7.36. The summed E-state index contributed by atoms with van der Waals surface area (Å²) < 4.78 is 5.31. The van der Waals surface area contributed by atoms with Crippen molar-refractivity contribution < 1.29 is 4.74 Å². The van der Waals surface area contributed by atoms with Crippen LogP contribution in [0.3, 0.4) is 0 Å². The van der Waals surface area contributed by atoms with Gasteiger partial charge in [0.25, 0.3) is 5.56 Å². The van der Waals surface area contributed by atoms with Crippen LogP contribution in [-0.4, -0.2) is 29.7 Å². The number of nitrogens with one attached hydrogen (secondary N) is 2. The molecule has 2 heterocycles. The first-order valence-electron chi connectivity index (χ1n) is 8.51. The van der Waals surface area contributed by atoms with Gasteiger partial charge in [-0.2, -0.15) is 0 Å². The van der Waals surface area contributed by atoms with Crippen LogP contribution in [0.1, 0.15) is 43.0 Å². The van der Waals surface area contributed by atoms with Crippen molar-refractivity contribution in [2.75, 3.05) is 19.8 Å². The molecule has 0 spiro atoms. The van der Waals surface area contributed by atoms with E-state index in [2.05, 4.69) is 22.2 Å². The average molecular weight is 335 g/mol. The van der Waals surface area contributed by atoms with Crippen LogP contribution in [0.15, 0.2) is 4.79 Å². The highest BCUT2D eigenvalue weighted by atomic mass is 32.1. The van der Waals surface area contributed by atoms with E-state index in [9.17, 15) is 4.79 Å². The zero-order valence-electron chi connectivity index (χ0n) is 13.9. The molecule has 5 nitrogen and oxygen atoms in total. The lowest BCUT2D eigenvalue weighted by Gasteiger charge is -2.17. The van der Waals surface area contributed by atoms with Gasteiger partial charge in [0.05, 0.1) is 11.9 Å². The van der Waals surface area contributed by atoms with Crippen LogP contribution in [0.2, 0.25) is 0 Å². The molecular formula is C17H25N3O2S. The average Bonchev–Trinajstić information content (AvgIpc) is 2.88. The molecule has 0 saturated heterocycles. The van der Waals surface area contributed by atoms with E-state index in [-0.39, 0.29) is 5.56 Å². The van der Waals surface area contributed by atoms with Gasteiger partial charge in [-0.1, -0.05) is 6.92 Å². The number of aromatic nitrogens is 2. The number of hydrogen-bond acceptors (Lipinski definition) is 5. The van der Waals surface area contributed by atoms with Crippen molar-refractivity contribution >= 4 is 21.6 Å². The molecule has 0 amide bonds. The monoisotopic (exact) mass is 335 g/mol. The maximum atomic E-state index is 12.5. The number of fused-ring (bicyclic) bond motifs is 3. The molecule has 126 valence electrons. The van der Waals surface area contributed by atoms with Crippen LogP contribution in [0.25, 0.3) is 10.2 Å². The fourth-order valence-corrected chi connectivity index (χ4v) is 4.53. The Morgan fingerprint density at radius 1 is 1.48 bits per heavy atom. The van der Waals surface area contributed by atoms with Gasteiger partial charge in [0, 0.05) is 18.1 Å². The molecule has 3 rings (SSSR count). The summed E-state index contributed by atoms with van der Waals surface area (Å²) in [6.07, 6.45) is 4.23. The number of nitrogens with zero attached hydrogens (tertiary/aromatic N) is 1. The Morgan fingerprint density at radius 2 is 2.35 bits per heavy atom. The Hall–Kier alpha value is -1.24. The van der Waals surface area contributed by atoms with Crippen molar-refractivity contribution in [1.29, 1.82) is 0 Å². The summed E-state index contributed by atoms with van der Waals surface area (Å²) in [5.41, 5.74) is 1.27. The third-order valence-corrected chi connectivity index (χ3v) is 5.50. The normalized spacial score (nSPS) is 17.6. The van der Waals surface area contributed by atoms with Crippen LogP contribution in [0.5, 0.6) is 0 Å². The maximum Gasteiger partial charge on any atom is 0.259 e. The summed E-state index contributed by atoms with van der Waals surface area (Å²) in [6.45, 7) is 7.26. The van der Waals surface area contributed by atoms with E-state index in [0.717, 1.165) is 55.1 Å². The number of thiophene rings is 1. The van der Waals surface area contributed by atoms with Crippen molar-refractivity contribution in [3.63, 3.8) is 0 Å². The SMILES string of the molecule is CCOCCCNCc1nc2sc3c(c2c(=O)[nH]1)CCC(C)C3. The Labute approximate surface area is 140 Å². The first-order chi connectivity index (χ1) is 11.2. The van der Waals surface area contributed by atoms with Crippen molar-refractivity contribution in [1.82, 2.24) is 15.3 Å². The highest BCUT2D eigenvalue weighted by Crippen LogP contribution is 2.35. The second-order valence-electron chi connectivity index (χ2n) is 6.27. The largest absolute Gasteiger partial charge is 0.382 e. The Kier molecular flexibility index (Phi) is 5.46. The van der Waals surface area contributed by atoms with Gasteiger partial charge in [-0.3, -0.25) is 4.79 Å². The number of rotatable bonds is 7. The minimum atomic E-state index is 0.0215. The quantitative estimate of drug-likeness (QED) is 0.763. The first-order valence-corrected chi connectivity index (χ1v) is 9.32. The zero-order valence-corrected chi connectivity index (χ0v) is 14.7. The van der Waals surface area contributed by atoms with E-state index in [1.807, 2.05) is 6.92 Å². The first kappa shape index (κ1) is 16.6. The van der Waals surface area contributed by atoms with Crippen LogP contribution < -0.4 is 10.9 Å². The molecular weight excluding hydrogens is 310 g/mol. The van der Waals surface area contributed by atoms with Gasteiger partial charge in [0.15, 0.2) is 0 Å². The molecule has 6 heteroatoms. The van der Waals surface area contributed by atoms with Crippen molar-refractivity contribution in [3.8, 4) is 0 Å². The number of H-pyrrole nitrogens is 1. The summed E-state index contributed by atoms with van der Waals surface area (Å²) in [5.74, 6) is 1.44. The maximum absolute atomic E-state index is 12.5. The summed E-state index contributed by atoms with van der Waals surface area (Å²) in [4.78, 5) is 22.3. The molecule has 0 aromatic carbocycles. The summed E-state index contributed by atoms with van der Waals surface area (Å²) in [6, 6.07) is 0. The summed E-state index contributed by atoms with van der Waals surface area (Å²) >= 11 is 1.70. The topological polar surface area (TPSA) is 67.0 Å². The summed E-state index contributed by atoms with van der Waals surface area (Å²) in [7, 11) is 0. The lowest BCUT2D eigenvalue weighted by Crippen LogP contribution is -2.21. The fourth-order valence-electron chi connectivity index (χ4n) is 3.13. The predicted octanol–water partition coefficient (Wildman–Crippen LogP) is 2.63. The predicted molar refractivity (Wildman–Crippen MR) is 94.2 cm³/mol. The van der Waals surface area contributed by atoms with Crippen molar-refractivity contribution in [2.24, 2.45) is 5.92 Å². The van der Waals surface area contributed by atoms with E-state index < -0.39 is 0 Å². The van der Waals surface area contributed by atoms with Crippen LogP contribution in [-0.2, 0) is 24.1 Å². The number of aromatic amines is 1. The van der Waals surface area contributed by atoms with E-state index in [4.69, 9.17) is 4.74 Å². The standard InChI is InChI=1S/C17H25N3O2S/c1-3-22-8-4-7-18-10-14-19-16(21)15-12-6-5-11(2)9-13(12)23-17(15)20-14/h11,18H,3-10H2,1-2H3,(H,19,20,21). The molecule has 0 saturated carbocycles. The molecule has 2 aromatic heterocycles. The van der Waals surface area contributed by atoms with Crippen molar-refractivity contribution in [2.45, 2.75) is 46.1 Å². The highest BCUT2D eigenvalue weighted by molar-refractivity contribution is 7.18. The van der Waals surface area contributed by atoms with Gasteiger partial charge in [0.1, 0.15) is 10.7 Å². The molecule has 1 atom stereocenters. The molecule has 0 radical (unpaired) electrons. The lowest BCUT2D eigenvalue weighted by molar-refractivity contribution is 0.144. The van der Waals surface area contributed by atoms with E-state index in [0.29, 0.717) is 12.5 Å². The molecule has 1 aliphatic rings. The molecule has 0 aliphatic heterocycles. The van der Waals surface area contributed by atoms with Crippen LogP contribution in [0, 0.1) is 5.92 Å². The van der Waals surface area contributed by atoms with Gasteiger partial charge >= 0.3 is 0 Å². The molecule has 1 unspecified atom stereocenters. The smallest absolute Gasteiger partial charge is 0.259 e. The van der Waals surface area contributed by atoms with Gasteiger partial charge in [0.2, 0.25) is 0 Å². The zero-order chi connectivity index (χ0) is 16.2. The number of ether oxygens (including phenoxy) is 1. The Bertz CT molecular complexity index is 722. The minimum Gasteiger partial charge on any atom is -0.382 e. The third kappa shape index (κ3) is 3.82. The Balaban J connectivity index is 1.70. The fraction of sp³-hybridized carbons (Fsp3) is 0.647. The molecule has 2 N–H and O–H groups in total. The van der Waals surface area contributed by atoms with Gasteiger partial charge in [-0.15, -0.1) is 11.3 Å². The number of hydrogen-bond donors (Lipinski definition) is 2. The van der Waals surface area contributed by atoms with Gasteiger partial charge in [-0.25, -0.2) is 4.98 Å². The Morgan fingerprint density at radius 3 is 3.17 bits per heavy atom.